The first-order valence-corrected chi connectivity index (χ1v) is 8.42. The molecule has 0 aliphatic carbocycles. The van der Waals surface area contributed by atoms with E-state index in [4.69, 9.17) is 11.6 Å². The van der Waals surface area contributed by atoms with Crippen molar-refractivity contribution in [1.82, 2.24) is 15.0 Å². The van der Waals surface area contributed by atoms with Crippen molar-refractivity contribution in [2.45, 2.75) is 17.7 Å². The molecule has 0 saturated carbocycles. The summed E-state index contributed by atoms with van der Waals surface area (Å²) < 4.78 is 0. The molecular formula is C14H16ClN5S. The molecule has 1 aromatic carbocycles. The topological polar surface area (TPSA) is 53.9 Å². The molecule has 0 spiro atoms. The summed E-state index contributed by atoms with van der Waals surface area (Å²) in [6.45, 7) is 1.95. The summed E-state index contributed by atoms with van der Waals surface area (Å²) in [5, 5.41) is 3.40. The van der Waals surface area contributed by atoms with Crippen molar-refractivity contribution in [3.63, 3.8) is 0 Å². The van der Waals surface area contributed by atoms with Crippen LogP contribution in [0.3, 0.4) is 0 Å². The Bertz CT molecular complexity index is 613. The highest BCUT2D eigenvalue weighted by Gasteiger charge is 2.17. The quantitative estimate of drug-likeness (QED) is 0.868. The second kappa shape index (κ2) is 6.49. The molecule has 7 heteroatoms. The molecule has 0 bridgehead atoms. The molecule has 0 atom stereocenters. The van der Waals surface area contributed by atoms with E-state index in [1.165, 1.54) is 17.7 Å². The Hall–Kier alpha value is -1.53. The van der Waals surface area contributed by atoms with Crippen molar-refractivity contribution >= 4 is 40.9 Å². The van der Waals surface area contributed by atoms with Crippen LogP contribution in [-0.4, -0.2) is 34.3 Å². The van der Waals surface area contributed by atoms with E-state index in [9.17, 15) is 0 Å². The van der Waals surface area contributed by atoms with E-state index in [-0.39, 0.29) is 5.28 Å². The fourth-order valence-corrected chi connectivity index (χ4v) is 2.82. The van der Waals surface area contributed by atoms with Crippen LogP contribution in [-0.2, 0) is 0 Å². The van der Waals surface area contributed by atoms with Gasteiger partial charge in [0.05, 0.1) is 0 Å². The van der Waals surface area contributed by atoms with Crippen LogP contribution in [0.2, 0.25) is 5.28 Å². The maximum Gasteiger partial charge on any atom is 0.233 e. The SMILES string of the molecule is CSc1ccc(Nc2nc(Cl)nc(N3CCCC3)n2)cc1. The molecule has 110 valence electrons. The normalized spacial score (nSPS) is 14.5. The van der Waals surface area contributed by atoms with Gasteiger partial charge in [-0.05, 0) is 55.0 Å². The van der Waals surface area contributed by atoms with E-state index in [1.54, 1.807) is 11.8 Å². The maximum absolute atomic E-state index is 6.01. The van der Waals surface area contributed by atoms with Gasteiger partial charge in [0.1, 0.15) is 0 Å². The third kappa shape index (κ3) is 3.57. The third-order valence-electron chi connectivity index (χ3n) is 3.33. The van der Waals surface area contributed by atoms with E-state index in [2.05, 4.69) is 43.6 Å². The van der Waals surface area contributed by atoms with E-state index < -0.39 is 0 Å². The largest absolute Gasteiger partial charge is 0.341 e. The zero-order valence-corrected chi connectivity index (χ0v) is 13.3. The Morgan fingerprint density at radius 2 is 1.81 bits per heavy atom. The minimum atomic E-state index is 0.218. The fourth-order valence-electron chi connectivity index (χ4n) is 2.26. The van der Waals surface area contributed by atoms with Crippen LogP contribution in [0.25, 0.3) is 0 Å². The first kappa shape index (κ1) is 14.4. The summed E-state index contributed by atoms with van der Waals surface area (Å²) >= 11 is 7.72. The molecule has 5 nitrogen and oxygen atoms in total. The van der Waals surface area contributed by atoms with E-state index in [1.807, 2.05) is 12.1 Å². The second-order valence-electron chi connectivity index (χ2n) is 4.78. The molecular weight excluding hydrogens is 306 g/mol. The molecule has 2 aromatic rings. The van der Waals surface area contributed by atoms with Gasteiger partial charge in [0.15, 0.2) is 0 Å². The highest BCUT2D eigenvalue weighted by atomic mass is 35.5. The Balaban J connectivity index is 1.80. The van der Waals surface area contributed by atoms with Crippen LogP contribution in [0, 0.1) is 0 Å². The lowest BCUT2D eigenvalue weighted by Gasteiger charge is -2.15. The molecule has 0 radical (unpaired) electrons. The minimum Gasteiger partial charge on any atom is -0.341 e. The van der Waals surface area contributed by atoms with Crippen LogP contribution in [0.15, 0.2) is 29.2 Å². The number of hydrogen-bond donors (Lipinski definition) is 1. The Morgan fingerprint density at radius 1 is 1.10 bits per heavy atom. The summed E-state index contributed by atoms with van der Waals surface area (Å²) in [4.78, 5) is 16.2. The molecule has 1 aromatic heterocycles. The summed E-state index contributed by atoms with van der Waals surface area (Å²) in [7, 11) is 0. The van der Waals surface area contributed by atoms with Gasteiger partial charge in [-0.1, -0.05) is 0 Å². The number of nitrogens with one attached hydrogen (secondary N) is 1. The number of rotatable bonds is 4. The summed E-state index contributed by atoms with van der Waals surface area (Å²) in [6, 6.07) is 8.10. The Labute approximate surface area is 133 Å². The van der Waals surface area contributed by atoms with Crippen LogP contribution in [0.1, 0.15) is 12.8 Å². The maximum atomic E-state index is 6.01. The van der Waals surface area contributed by atoms with E-state index in [0.717, 1.165) is 18.8 Å². The average molecular weight is 322 g/mol. The van der Waals surface area contributed by atoms with Crippen molar-refractivity contribution in [2.24, 2.45) is 0 Å². The minimum absolute atomic E-state index is 0.218. The van der Waals surface area contributed by atoms with Gasteiger partial charge in [0.2, 0.25) is 17.2 Å². The van der Waals surface area contributed by atoms with Crippen molar-refractivity contribution < 1.29 is 0 Å². The van der Waals surface area contributed by atoms with Crippen LogP contribution in [0.4, 0.5) is 17.6 Å². The van der Waals surface area contributed by atoms with Crippen LogP contribution in [0.5, 0.6) is 0 Å². The van der Waals surface area contributed by atoms with Gasteiger partial charge in [-0.25, -0.2) is 0 Å². The molecule has 21 heavy (non-hydrogen) atoms. The summed E-state index contributed by atoms with van der Waals surface area (Å²) in [5.74, 6) is 1.13. The molecule has 1 aliphatic heterocycles. The van der Waals surface area contributed by atoms with Crippen molar-refractivity contribution in [3.8, 4) is 0 Å². The molecule has 0 amide bonds. The second-order valence-corrected chi connectivity index (χ2v) is 5.99. The number of thioether (sulfide) groups is 1. The Kier molecular flexibility index (Phi) is 4.45. The first-order valence-electron chi connectivity index (χ1n) is 6.82. The van der Waals surface area contributed by atoms with Crippen molar-refractivity contribution in [1.29, 1.82) is 0 Å². The number of aromatic nitrogens is 3. The number of hydrogen-bond acceptors (Lipinski definition) is 6. The fraction of sp³-hybridized carbons (Fsp3) is 0.357. The number of nitrogens with zero attached hydrogens (tertiary/aromatic N) is 4. The van der Waals surface area contributed by atoms with Crippen LogP contribution < -0.4 is 10.2 Å². The monoisotopic (exact) mass is 321 g/mol. The molecule has 1 saturated heterocycles. The predicted molar refractivity (Wildman–Crippen MR) is 87.8 cm³/mol. The lowest BCUT2D eigenvalue weighted by molar-refractivity contribution is 0.883. The average Bonchev–Trinajstić information content (AvgIpc) is 3.02. The molecule has 1 N–H and O–H groups in total. The van der Waals surface area contributed by atoms with Gasteiger partial charge in [-0.2, -0.15) is 15.0 Å². The lowest BCUT2D eigenvalue weighted by Crippen LogP contribution is -2.21. The van der Waals surface area contributed by atoms with Gasteiger partial charge in [-0.15, -0.1) is 11.8 Å². The molecule has 1 fully saturated rings. The smallest absolute Gasteiger partial charge is 0.233 e. The zero-order valence-electron chi connectivity index (χ0n) is 11.7. The summed E-state index contributed by atoms with van der Waals surface area (Å²) in [6.07, 6.45) is 4.39. The molecule has 3 rings (SSSR count). The molecule has 0 unspecified atom stereocenters. The van der Waals surface area contributed by atoms with Gasteiger partial charge < -0.3 is 10.2 Å². The zero-order chi connectivity index (χ0) is 14.7. The van der Waals surface area contributed by atoms with Crippen molar-refractivity contribution in [3.05, 3.63) is 29.5 Å². The van der Waals surface area contributed by atoms with Crippen molar-refractivity contribution in [2.75, 3.05) is 29.6 Å². The third-order valence-corrected chi connectivity index (χ3v) is 4.24. The van der Waals surface area contributed by atoms with E-state index in [0.29, 0.717) is 11.9 Å². The molecule has 1 aliphatic rings. The van der Waals surface area contributed by atoms with E-state index >= 15 is 0 Å². The number of benzene rings is 1. The molecule has 2 heterocycles. The number of halogens is 1. The summed E-state index contributed by atoms with van der Waals surface area (Å²) in [5.41, 5.74) is 0.933. The standard InChI is InChI=1S/C14H16ClN5S/c1-21-11-6-4-10(5-7-11)16-13-17-12(15)18-14(19-13)20-8-2-3-9-20/h4-7H,2-3,8-9H2,1H3,(H,16,17,18,19). The van der Waals surface area contributed by atoms with Gasteiger partial charge in [0, 0.05) is 23.7 Å². The van der Waals surface area contributed by atoms with Gasteiger partial charge in [0.25, 0.3) is 0 Å². The Morgan fingerprint density at radius 3 is 2.48 bits per heavy atom. The highest BCUT2D eigenvalue weighted by Crippen LogP contribution is 2.22. The number of anilines is 3. The van der Waals surface area contributed by atoms with Crippen LogP contribution >= 0.6 is 23.4 Å². The predicted octanol–water partition coefficient (Wildman–Crippen LogP) is 3.59. The first-order chi connectivity index (χ1) is 10.2. The van der Waals surface area contributed by atoms with Gasteiger partial charge in [-0.3, -0.25) is 0 Å². The lowest BCUT2D eigenvalue weighted by atomic mass is 10.3. The van der Waals surface area contributed by atoms with Gasteiger partial charge >= 0.3 is 0 Å². The highest BCUT2D eigenvalue weighted by molar-refractivity contribution is 7.98.